The summed E-state index contributed by atoms with van der Waals surface area (Å²) >= 11 is 5.07. The Kier molecular flexibility index (Phi) is 5.22. The maximum absolute atomic E-state index is 10.4. The third-order valence-corrected chi connectivity index (χ3v) is 1.34. The third kappa shape index (κ3) is 7.63. The van der Waals surface area contributed by atoms with Crippen LogP contribution in [0.4, 0.5) is 0 Å². The predicted octanol–water partition coefficient (Wildman–Crippen LogP) is 1.90. The van der Waals surface area contributed by atoms with Gasteiger partial charge < -0.3 is 4.79 Å². The molecule has 0 aliphatic heterocycles. The molecule has 0 unspecified atom stereocenters. The first kappa shape index (κ1) is 9.63. The molecule has 0 amide bonds. The molecule has 0 spiro atoms. The smallest absolute Gasteiger partial charge is 0.221 e. The summed E-state index contributed by atoms with van der Waals surface area (Å²) in [5, 5.41) is -0.316. The Labute approximate surface area is 65.6 Å². The van der Waals surface area contributed by atoms with Gasteiger partial charge in [0, 0.05) is 12.8 Å². The summed E-state index contributed by atoms with van der Waals surface area (Å²) < 4.78 is 0. The second-order valence-electron chi connectivity index (χ2n) is 2.26. The Morgan fingerprint density at radius 1 is 1.20 bits per heavy atom. The first-order valence-electron chi connectivity index (χ1n) is 3.30. The van der Waals surface area contributed by atoms with Crippen molar-refractivity contribution >= 4 is 22.6 Å². The van der Waals surface area contributed by atoms with Crippen LogP contribution in [0.5, 0.6) is 0 Å². The lowest BCUT2D eigenvalue weighted by molar-refractivity contribution is -0.117. The summed E-state index contributed by atoms with van der Waals surface area (Å²) in [6.45, 7) is 1.54. The van der Waals surface area contributed by atoms with Crippen LogP contribution < -0.4 is 0 Å². The highest BCUT2D eigenvalue weighted by Crippen LogP contribution is 2.02. The summed E-state index contributed by atoms with van der Waals surface area (Å²) in [6.07, 6.45) is 2.44. The Morgan fingerprint density at radius 3 is 2.10 bits per heavy atom. The number of rotatable bonds is 5. The molecule has 0 aromatic carbocycles. The molecule has 2 nitrogen and oxygen atoms in total. The average Bonchev–Trinajstić information content (AvgIpc) is 1.79. The lowest BCUT2D eigenvalue weighted by Gasteiger charge is -1.92. The monoisotopic (exact) mass is 162 g/mol. The maximum atomic E-state index is 10.4. The summed E-state index contributed by atoms with van der Waals surface area (Å²) in [5.74, 6) is 0.169. The number of carbonyl (C=O) groups excluding carboxylic acids is 2. The van der Waals surface area contributed by atoms with E-state index in [2.05, 4.69) is 0 Å². The first-order chi connectivity index (χ1) is 4.63. The van der Waals surface area contributed by atoms with Gasteiger partial charge in [-0.3, -0.25) is 4.79 Å². The van der Waals surface area contributed by atoms with Crippen molar-refractivity contribution in [1.29, 1.82) is 0 Å². The normalized spacial score (nSPS) is 9.40. The molecule has 0 aromatic rings. The van der Waals surface area contributed by atoms with Gasteiger partial charge in [0.2, 0.25) is 5.24 Å². The van der Waals surface area contributed by atoms with Crippen LogP contribution in [0.2, 0.25) is 0 Å². The summed E-state index contributed by atoms with van der Waals surface area (Å²) in [4.78, 5) is 20.5. The number of ketones is 1. The zero-order chi connectivity index (χ0) is 7.98. The minimum atomic E-state index is -0.316. The minimum absolute atomic E-state index is 0.169. The van der Waals surface area contributed by atoms with E-state index in [1.54, 1.807) is 6.92 Å². The van der Waals surface area contributed by atoms with Crippen LogP contribution >= 0.6 is 11.6 Å². The number of unbranched alkanes of at least 4 members (excludes halogenated alkanes) is 1. The molecule has 10 heavy (non-hydrogen) atoms. The van der Waals surface area contributed by atoms with Crippen LogP contribution in [-0.4, -0.2) is 11.0 Å². The van der Waals surface area contributed by atoms with Crippen LogP contribution in [0.25, 0.3) is 0 Å². The lowest BCUT2D eigenvalue weighted by atomic mass is 10.1. The van der Waals surface area contributed by atoms with Crippen LogP contribution in [0.3, 0.4) is 0 Å². The molecule has 0 aliphatic rings. The highest BCUT2D eigenvalue weighted by atomic mass is 35.5. The second-order valence-corrected chi connectivity index (χ2v) is 2.69. The molecular weight excluding hydrogens is 152 g/mol. The molecule has 0 N–H and O–H groups in total. The summed E-state index contributed by atoms with van der Waals surface area (Å²) in [7, 11) is 0. The van der Waals surface area contributed by atoms with Gasteiger partial charge >= 0.3 is 0 Å². The van der Waals surface area contributed by atoms with E-state index in [1.165, 1.54) is 0 Å². The molecule has 0 radical (unpaired) electrons. The van der Waals surface area contributed by atoms with E-state index in [9.17, 15) is 9.59 Å². The molecule has 0 rings (SSSR count). The van der Waals surface area contributed by atoms with Gasteiger partial charge in [-0.25, -0.2) is 0 Å². The molecule has 0 bridgehead atoms. The summed E-state index contributed by atoms with van der Waals surface area (Å²) in [6, 6.07) is 0. The van der Waals surface area contributed by atoms with Crippen molar-refractivity contribution in [2.45, 2.75) is 32.6 Å². The quantitative estimate of drug-likeness (QED) is 0.457. The van der Waals surface area contributed by atoms with Gasteiger partial charge in [0.15, 0.2) is 0 Å². The SMILES string of the molecule is CC(=O)CCCCC(=O)Cl. The summed E-state index contributed by atoms with van der Waals surface area (Å²) in [5.41, 5.74) is 0. The second kappa shape index (κ2) is 5.42. The molecule has 3 heteroatoms. The van der Waals surface area contributed by atoms with E-state index in [-0.39, 0.29) is 11.0 Å². The highest BCUT2D eigenvalue weighted by molar-refractivity contribution is 6.63. The van der Waals surface area contributed by atoms with E-state index >= 15 is 0 Å². The first-order valence-corrected chi connectivity index (χ1v) is 3.68. The van der Waals surface area contributed by atoms with E-state index in [1.807, 2.05) is 0 Å². The predicted molar refractivity (Wildman–Crippen MR) is 40.0 cm³/mol. The van der Waals surface area contributed by atoms with E-state index < -0.39 is 0 Å². The van der Waals surface area contributed by atoms with Crippen molar-refractivity contribution in [3.8, 4) is 0 Å². The minimum Gasteiger partial charge on any atom is -0.300 e. The zero-order valence-electron chi connectivity index (χ0n) is 6.02. The zero-order valence-corrected chi connectivity index (χ0v) is 6.78. The Morgan fingerprint density at radius 2 is 1.70 bits per heavy atom. The number of halogens is 1. The van der Waals surface area contributed by atoms with Crippen LogP contribution in [0, 0.1) is 0 Å². The number of hydrogen-bond acceptors (Lipinski definition) is 2. The molecule has 0 aromatic heterocycles. The maximum Gasteiger partial charge on any atom is 0.221 e. The van der Waals surface area contributed by atoms with Gasteiger partial charge in [-0.2, -0.15) is 0 Å². The van der Waals surface area contributed by atoms with Gasteiger partial charge in [0.05, 0.1) is 0 Å². The Hall–Kier alpha value is -0.370. The number of carbonyl (C=O) groups is 2. The third-order valence-electron chi connectivity index (χ3n) is 1.15. The molecular formula is C7H11ClO2. The number of Topliss-reactive ketones (excluding diaryl/α,β-unsaturated/α-hetero) is 1. The molecule has 0 saturated heterocycles. The van der Waals surface area contributed by atoms with Crippen molar-refractivity contribution in [2.24, 2.45) is 0 Å². The molecule has 0 fully saturated rings. The Balaban J connectivity index is 3.06. The van der Waals surface area contributed by atoms with Gasteiger partial charge in [-0.15, -0.1) is 0 Å². The molecule has 0 aliphatic carbocycles. The van der Waals surface area contributed by atoms with Crippen LogP contribution in [0.15, 0.2) is 0 Å². The Bertz CT molecular complexity index is 116. The topological polar surface area (TPSA) is 34.1 Å². The van der Waals surface area contributed by atoms with E-state index in [0.29, 0.717) is 12.8 Å². The fraction of sp³-hybridized carbons (Fsp3) is 0.714. The number of hydrogen-bond donors (Lipinski definition) is 0. The van der Waals surface area contributed by atoms with Gasteiger partial charge in [0.1, 0.15) is 5.78 Å². The van der Waals surface area contributed by atoms with Gasteiger partial charge in [-0.1, -0.05) is 0 Å². The lowest BCUT2D eigenvalue weighted by Crippen LogP contribution is -1.91. The molecule has 0 heterocycles. The highest BCUT2D eigenvalue weighted by Gasteiger charge is 1.96. The molecule has 58 valence electrons. The van der Waals surface area contributed by atoms with Crippen molar-refractivity contribution in [2.75, 3.05) is 0 Å². The van der Waals surface area contributed by atoms with Crippen molar-refractivity contribution in [1.82, 2.24) is 0 Å². The van der Waals surface area contributed by atoms with E-state index in [4.69, 9.17) is 11.6 Å². The van der Waals surface area contributed by atoms with Gasteiger partial charge in [-0.05, 0) is 31.4 Å². The standard InChI is InChI=1S/C7H11ClO2/c1-6(9)4-2-3-5-7(8)10/h2-5H2,1H3. The van der Waals surface area contributed by atoms with Crippen LogP contribution in [0.1, 0.15) is 32.6 Å². The van der Waals surface area contributed by atoms with Crippen molar-refractivity contribution < 1.29 is 9.59 Å². The average molecular weight is 163 g/mol. The van der Waals surface area contributed by atoms with Crippen molar-refractivity contribution in [3.05, 3.63) is 0 Å². The van der Waals surface area contributed by atoms with Gasteiger partial charge in [0.25, 0.3) is 0 Å². The molecule has 0 atom stereocenters. The van der Waals surface area contributed by atoms with E-state index in [0.717, 1.165) is 12.8 Å². The molecule has 0 saturated carbocycles. The van der Waals surface area contributed by atoms with Crippen molar-refractivity contribution in [3.63, 3.8) is 0 Å². The van der Waals surface area contributed by atoms with Crippen LogP contribution in [-0.2, 0) is 9.59 Å². The fourth-order valence-electron chi connectivity index (χ4n) is 0.638. The fourth-order valence-corrected chi connectivity index (χ4v) is 0.772. The largest absolute Gasteiger partial charge is 0.300 e.